The highest BCUT2D eigenvalue weighted by Crippen LogP contribution is 2.26. The zero-order chi connectivity index (χ0) is 14.9. The highest BCUT2D eigenvalue weighted by Gasteiger charge is 2.32. The van der Waals surface area contributed by atoms with Gasteiger partial charge in [-0.25, -0.2) is 0 Å². The fourth-order valence-electron chi connectivity index (χ4n) is 2.69. The summed E-state index contributed by atoms with van der Waals surface area (Å²) in [5, 5.41) is 19.0. The first-order chi connectivity index (χ1) is 9.38. The molecule has 1 aliphatic rings. The number of aliphatic carboxylic acids is 1. The Kier molecular flexibility index (Phi) is 3.97. The van der Waals surface area contributed by atoms with Gasteiger partial charge in [0.1, 0.15) is 5.75 Å². The number of carboxylic acid groups (broad SMARTS) is 1. The topological polar surface area (TPSA) is 77.8 Å². The Labute approximate surface area is 117 Å². The van der Waals surface area contributed by atoms with Crippen LogP contribution in [0.15, 0.2) is 18.2 Å². The minimum atomic E-state index is -0.873. The summed E-state index contributed by atoms with van der Waals surface area (Å²) < 4.78 is 0. The third-order valence-electron chi connectivity index (χ3n) is 3.68. The maximum absolute atomic E-state index is 12.4. The summed E-state index contributed by atoms with van der Waals surface area (Å²) in [7, 11) is 0. The fourth-order valence-corrected chi connectivity index (χ4v) is 2.69. The van der Waals surface area contributed by atoms with Crippen molar-refractivity contribution in [2.45, 2.75) is 20.3 Å². The molecule has 5 nitrogen and oxygen atoms in total. The normalized spacial score (nSPS) is 22.6. The Morgan fingerprint density at radius 3 is 2.60 bits per heavy atom. The summed E-state index contributed by atoms with van der Waals surface area (Å²) in [6.45, 7) is 4.49. The van der Waals surface area contributed by atoms with Gasteiger partial charge in [-0.15, -0.1) is 0 Å². The summed E-state index contributed by atoms with van der Waals surface area (Å²) >= 11 is 0. The summed E-state index contributed by atoms with van der Waals surface area (Å²) in [4.78, 5) is 25.1. The van der Waals surface area contributed by atoms with Crippen molar-refractivity contribution in [1.29, 1.82) is 0 Å². The van der Waals surface area contributed by atoms with Crippen LogP contribution >= 0.6 is 0 Å². The predicted molar refractivity (Wildman–Crippen MR) is 73.7 cm³/mol. The van der Waals surface area contributed by atoms with Crippen LogP contribution in [0, 0.1) is 18.8 Å². The van der Waals surface area contributed by atoms with Gasteiger partial charge in [0, 0.05) is 13.1 Å². The number of phenolic OH excluding ortho intramolecular Hbond substituents is 1. The van der Waals surface area contributed by atoms with Gasteiger partial charge in [-0.05, 0) is 37.0 Å². The van der Waals surface area contributed by atoms with Gasteiger partial charge in [-0.2, -0.15) is 0 Å². The van der Waals surface area contributed by atoms with Crippen LogP contribution in [0.5, 0.6) is 5.75 Å². The Hall–Kier alpha value is -2.04. The van der Waals surface area contributed by atoms with E-state index in [0.717, 1.165) is 5.56 Å². The first-order valence-electron chi connectivity index (χ1n) is 6.70. The SMILES string of the molecule is Cc1ccc(C(=O)N2CC(C)CC(C(=O)O)C2)c(O)c1. The lowest BCUT2D eigenvalue weighted by molar-refractivity contribution is -0.143. The summed E-state index contributed by atoms with van der Waals surface area (Å²) in [6, 6.07) is 4.88. The molecule has 1 aromatic rings. The average molecular weight is 277 g/mol. The van der Waals surface area contributed by atoms with Gasteiger partial charge < -0.3 is 15.1 Å². The second kappa shape index (κ2) is 5.53. The zero-order valence-electron chi connectivity index (χ0n) is 11.7. The number of aromatic hydroxyl groups is 1. The van der Waals surface area contributed by atoms with Crippen molar-refractivity contribution < 1.29 is 19.8 Å². The number of nitrogens with zero attached hydrogens (tertiary/aromatic N) is 1. The van der Waals surface area contributed by atoms with E-state index in [1.54, 1.807) is 12.1 Å². The molecular weight excluding hydrogens is 258 g/mol. The molecule has 2 N–H and O–H groups in total. The van der Waals surface area contributed by atoms with Crippen molar-refractivity contribution >= 4 is 11.9 Å². The largest absolute Gasteiger partial charge is 0.507 e. The smallest absolute Gasteiger partial charge is 0.308 e. The molecule has 1 saturated heterocycles. The maximum atomic E-state index is 12.4. The molecule has 2 atom stereocenters. The molecule has 0 bridgehead atoms. The van der Waals surface area contributed by atoms with Crippen molar-refractivity contribution in [2.75, 3.05) is 13.1 Å². The molecule has 20 heavy (non-hydrogen) atoms. The number of carbonyl (C=O) groups is 2. The number of amides is 1. The van der Waals surface area contributed by atoms with E-state index in [2.05, 4.69) is 0 Å². The third kappa shape index (κ3) is 2.92. The molecule has 1 heterocycles. The minimum absolute atomic E-state index is 0.0555. The van der Waals surface area contributed by atoms with E-state index in [0.29, 0.717) is 13.0 Å². The highest BCUT2D eigenvalue weighted by molar-refractivity contribution is 5.97. The van der Waals surface area contributed by atoms with Crippen LogP contribution in [-0.2, 0) is 4.79 Å². The highest BCUT2D eigenvalue weighted by atomic mass is 16.4. The Bertz CT molecular complexity index is 541. The van der Waals surface area contributed by atoms with E-state index < -0.39 is 11.9 Å². The van der Waals surface area contributed by atoms with Crippen LogP contribution < -0.4 is 0 Å². The standard InChI is InChI=1S/C15H19NO4/c1-9-3-4-12(13(17)6-9)14(18)16-7-10(2)5-11(8-16)15(19)20/h3-4,6,10-11,17H,5,7-8H2,1-2H3,(H,19,20). The molecule has 0 radical (unpaired) electrons. The van der Waals surface area contributed by atoms with Gasteiger partial charge in [0.2, 0.25) is 0 Å². The van der Waals surface area contributed by atoms with Gasteiger partial charge in [0.05, 0.1) is 11.5 Å². The predicted octanol–water partition coefficient (Wildman–Crippen LogP) is 1.88. The summed E-state index contributed by atoms with van der Waals surface area (Å²) in [5.74, 6) is -1.63. The Morgan fingerprint density at radius 2 is 2.00 bits per heavy atom. The summed E-state index contributed by atoms with van der Waals surface area (Å²) in [6.07, 6.45) is 0.582. The van der Waals surface area contributed by atoms with Gasteiger partial charge >= 0.3 is 5.97 Å². The lowest BCUT2D eigenvalue weighted by atomic mass is 9.90. The third-order valence-corrected chi connectivity index (χ3v) is 3.68. The number of rotatable bonds is 2. The van der Waals surface area contributed by atoms with E-state index in [9.17, 15) is 14.7 Å². The average Bonchev–Trinajstić information content (AvgIpc) is 2.37. The number of hydrogen-bond acceptors (Lipinski definition) is 3. The van der Waals surface area contributed by atoms with Gasteiger partial charge in [0.15, 0.2) is 0 Å². The summed E-state index contributed by atoms with van der Waals surface area (Å²) in [5.41, 5.74) is 1.10. The minimum Gasteiger partial charge on any atom is -0.507 e. The lowest BCUT2D eigenvalue weighted by Crippen LogP contribution is -2.45. The molecule has 0 aliphatic carbocycles. The van der Waals surface area contributed by atoms with Gasteiger partial charge in [0.25, 0.3) is 5.91 Å². The van der Waals surface area contributed by atoms with Crippen molar-refractivity contribution in [3.8, 4) is 5.75 Å². The van der Waals surface area contributed by atoms with Crippen LogP contribution in [0.2, 0.25) is 0 Å². The number of phenols is 1. The quantitative estimate of drug-likeness (QED) is 0.865. The van der Waals surface area contributed by atoms with Gasteiger partial charge in [-0.1, -0.05) is 13.0 Å². The van der Waals surface area contributed by atoms with E-state index in [1.807, 2.05) is 13.8 Å². The first-order valence-corrected chi connectivity index (χ1v) is 6.70. The molecule has 2 unspecified atom stereocenters. The first kappa shape index (κ1) is 14.4. The molecule has 1 aromatic carbocycles. The number of aryl methyl sites for hydroxylation is 1. The van der Waals surface area contributed by atoms with Crippen molar-refractivity contribution in [2.24, 2.45) is 11.8 Å². The monoisotopic (exact) mass is 277 g/mol. The van der Waals surface area contributed by atoms with E-state index in [-0.39, 0.29) is 29.7 Å². The number of likely N-dealkylation sites (tertiary alicyclic amines) is 1. The molecule has 0 spiro atoms. The number of benzene rings is 1. The molecule has 0 saturated carbocycles. The number of carboxylic acids is 1. The molecular formula is C15H19NO4. The van der Waals surface area contributed by atoms with E-state index in [1.165, 1.54) is 11.0 Å². The molecule has 1 amide bonds. The van der Waals surface area contributed by atoms with Crippen molar-refractivity contribution in [3.05, 3.63) is 29.3 Å². The van der Waals surface area contributed by atoms with Crippen molar-refractivity contribution in [3.63, 3.8) is 0 Å². The van der Waals surface area contributed by atoms with Crippen molar-refractivity contribution in [1.82, 2.24) is 4.90 Å². The van der Waals surface area contributed by atoms with Crippen LogP contribution in [-0.4, -0.2) is 40.1 Å². The second-order valence-electron chi connectivity index (χ2n) is 5.61. The van der Waals surface area contributed by atoms with Crippen LogP contribution in [0.25, 0.3) is 0 Å². The Morgan fingerprint density at radius 1 is 1.30 bits per heavy atom. The maximum Gasteiger partial charge on any atom is 0.308 e. The Balaban J connectivity index is 2.21. The molecule has 0 aromatic heterocycles. The molecule has 1 aliphatic heterocycles. The zero-order valence-corrected chi connectivity index (χ0v) is 11.7. The van der Waals surface area contributed by atoms with E-state index in [4.69, 9.17) is 5.11 Å². The van der Waals surface area contributed by atoms with Gasteiger partial charge in [-0.3, -0.25) is 9.59 Å². The number of piperidine rings is 1. The fraction of sp³-hybridized carbons (Fsp3) is 0.467. The lowest BCUT2D eigenvalue weighted by Gasteiger charge is -2.34. The van der Waals surface area contributed by atoms with Crippen LogP contribution in [0.4, 0.5) is 0 Å². The van der Waals surface area contributed by atoms with Crippen LogP contribution in [0.1, 0.15) is 29.3 Å². The second-order valence-corrected chi connectivity index (χ2v) is 5.61. The van der Waals surface area contributed by atoms with E-state index >= 15 is 0 Å². The molecule has 2 rings (SSSR count). The number of carbonyl (C=O) groups excluding carboxylic acids is 1. The molecule has 1 fully saturated rings. The van der Waals surface area contributed by atoms with Crippen LogP contribution in [0.3, 0.4) is 0 Å². The molecule has 5 heteroatoms. The molecule has 108 valence electrons. The number of hydrogen-bond donors (Lipinski definition) is 2.